The summed E-state index contributed by atoms with van der Waals surface area (Å²) in [5, 5.41) is 10.8. The summed E-state index contributed by atoms with van der Waals surface area (Å²) in [6, 6.07) is 57.3. The normalized spacial score (nSPS) is 8.69. The minimum atomic E-state index is 0.829. The van der Waals surface area contributed by atoms with E-state index in [-0.39, 0.29) is 0 Å². The van der Waals surface area contributed by atoms with Gasteiger partial charge in [-0.2, -0.15) is 0 Å². The van der Waals surface area contributed by atoms with Gasteiger partial charge in [0.1, 0.15) is 11.6 Å². The number of aromatic nitrogens is 11. The smallest absolute Gasteiger partial charge is 0.125 e. The van der Waals surface area contributed by atoms with Gasteiger partial charge in [0, 0.05) is 96.1 Å². The highest BCUT2D eigenvalue weighted by molar-refractivity contribution is 6.05. The molecule has 0 amide bonds. The second kappa shape index (κ2) is 75.7. The van der Waals surface area contributed by atoms with Gasteiger partial charge in [0.15, 0.2) is 0 Å². The highest BCUT2D eigenvalue weighted by atomic mass is 14.9. The first kappa shape index (κ1) is 116. The lowest BCUT2D eigenvalue weighted by atomic mass is 9.93. The van der Waals surface area contributed by atoms with Crippen LogP contribution in [0.2, 0.25) is 0 Å². The zero-order chi connectivity index (χ0) is 90.1. The number of pyridine rings is 5. The van der Waals surface area contributed by atoms with Gasteiger partial charge >= 0.3 is 0 Å². The maximum atomic E-state index is 4.17. The third-order valence-corrected chi connectivity index (χ3v) is 14.5. The predicted molar refractivity (Wildman–Crippen MR) is 518 cm³/mol. The van der Waals surface area contributed by atoms with Crippen LogP contribution >= 0.6 is 0 Å². The van der Waals surface area contributed by atoms with E-state index in [0.29, 0.717) is 0 Å². The number of hydrogen-bond donors (Lipinski definition) is 0. The molecule has 0 unspecified atom stereocenters. The minimum Gasteiger partial charge on any atom is -0.264 e. The van der Waals surface area contributed by atoms with Crippen LogP contribution in [0.15, 0.2) is 226 Å². The fraction of sp³-hybridized carbons (Fsp3) is 0.381. The first-order valence-electron chi connectivity index (χ1n) is 42.3. The van der Waals surface area contributed by atoms with Crippen molar-refractivity contribution >= 4 is 43.1 Å². The van der Waals surface area contributed by atoms with Crippen molar-refractivity contribution in [2.24, 2.45) is 0 Å². The van der Waals surface area contributed by atoms with Gasteiger partial charge in [0.25, 0.3) is 0 Å². The first-order chi connectivity index (χ1) is 55.8. The molecule has 0 fully saturated rings. The second-order valence-corrected chi connectivity index (χ2v) is 24.1. The lowest BCUT2D eigenvalue weighted by Crippen LogP contribution is -1.87. The summed E-state index contributed by atoms with van der Waals surface area (Å²) in [5.74, 6) is 1.67. The monoisotopic (exact) mass is 1570 g/mol. The number of hydrogen-bond acceptors (Lipinski definition) is 11. The lowest BCUT2D eigenvalue weighted by Gasteiger charge is -2.11. The Kier molecular flexibility index (Phi) is 75.8. The van der Waals surface area contributed by atoms with Gasteiger partial charge < -0.3 is 0 Å². The fourth-order valence-electron chi connectivity index (χ4n) is 9.45. The van der Waals surface area contributed by atoms with Crippen molar-refractivity contribution in [3.05, 3.63) is 339 Å². The van der Waals surface area contributed by atoms with E-state index < -0.39 is 0 Å². The summed E-state index contributed by atoms with van der Waals surface area (Å²) in [6.45, 7) is 80.4. The number of fused-ring (bicyclic) bond motifs is 4. The molecule has 14 rings (SSSR count). The molecule has 0 aliphatic heterocycles. The summed E-state index contributed by atoms with van der Waals surface area (Å²) in [6.07, 6.45) is 18.2. The molecule has 11 heteroatoms. The van der Waals surface area contributed by atoms with Crippen LogP contribution in [0.5, 0.6) is 0 Å². The van der Waals surface area contributed by atoms with Crippen molar-refractivity contribution in [3.8, 4) is 0 Å². The Bertz CT molecular complexity index is 3950. The van der Waals surface area contributed by atoms with Gasteiger partial charge in [0.05, 0.1) is 11.4 Å². The van der Waals surface area contributed by atoms with E-state index in [1.54, 1.807) is 18.6 Å². The van der Waals surface area contributed by atoms with Gasteiger partial charge in [-0.1, -0.05) is 259 Å². The first-order valence-corrected chi connectivity index (χ1v) is 42.3. The molecule has 0 saturated heterocycles. The van der Waals surface area contributed by atoms with Gasteiger partial charge in [-0.25, -0.2) is 19.9 Å². The van der Waals surface area contributed by atoms with E-state index in [0.717, 1.165) is 62.8 Å². The van der Waals surface area contributed by atoms with E-state index in [4.69, 9.17) is 0 Å². The Labute approximate surface area is 709 Å². The number of benzene rings is 6. The highest BCUT2D eigenvalue weighted by Crippen LogP contribution is 2.31. The zero-order valence-corrected chi connectivity index (χ0v) is 80.3. The molecule has 116 heavy (non-hydrogen) atoms. The lowest BCUT2D eigenvalue weighted by molar-refractivity contribution is 1.01. The van der Waals surface area contributed by atoms with Gasteiger partial charge in [-0.3, -0.25) is 34.9 Å². The minimum absolute atomic E-state index is 0.829. The molecule has 0 spiro atoms. The van der Waals surface area contributed by atoms with Crippen molar-refractivity contribution in [2.75, 3.05) is 0 Å². The largest absolute Gasteiger partial charge is 0.264 e. The third-order valence-electron chi connectivity index (χ3n) is 14.5. The molecule has 0 saturated carbocycles. The summed E-state index contributed by atoms with van der Waals surface area (Å²) >= 11 is 0. The molecule has 8 aromatic heterocycles. The van der Waals surface area contributed by atoms with Gasteiger partial charge in [-0.05, 0) is 281 Å². The molecule has 6 aromatic carbocycles. The quantitative estimate of drug-likeness (QED) is 0.134. The summed E-state index contributed by atoms with van der Waals surface area (Å²) < 4.78 is 0. The Balaban J connectivity index is -0.000000286. The van der Waals surface area contributed by atoms with Crippen molar-refractivity contribution in [2.45, 2.75) is 277 Å². The van der Waals surface area contributed by atoms with Crippen LogP contribution in [0.3, 0.4) is 0 Å². The van der Waals surface area contributed by atoms with Crippen molar-refractivity contribution < 1.29 is 0 Å². The predicted octanol–water partition coefficient (Wildman–Crippen LogP) is 31.3. The van der Waals surface area contributed by atoms with Crippen LogP contribution in [-0.2, 0) is 0 Å². The molecule has 632 valence electrons. The Morgan fingerprint density at radius 1 is 0.172 bits per heavy atom. The van der Waals surface area contributed by atoms with E-state index >= 15 is 0 Å². The Morgan fingerprint density at radius 3 is 0.750 bits per heavy atom. The molecule has 0 atom stereocenters. The number of rotatable bonds is 0. The SMILES string of the molecule is CC.CC.CC.CC.CC.CC.CC.CC.CC.CC.Cc1c2ccccc2c(C)c2ccccc12.Cc1ccc(C)nc1.Cc1ccc(C)nc1.Cc1ccc2cc3cc(C)ccc3cc2c1.Cc1cccc(C)n1.Cc1ccnc(C)c1.Cc1ccnc(C)n1.Cc1cnc(C)cn1.Cc1cnc(C)nc1.Cc1cncc(C)c1. The zero-order valence-electron chi connectivity index (χ0n) is 80.3. The van der Waals surface area contributed by atoms with Crippen LogP contribution in [0, 0.1) is 138 Å². The summed E-state index contributed by atoms with van der Waals surface area (Å²) in [4.78, 5) is 44.3. The maximum Gasteiger partial charge on any atom is 0.125 e. The highest BCUT2D eigenvalue weighted by Gasteiger charge is 2.07. The molecule has 8 heterocycles. The fourth-order valence-corrected chi connectivity index (χ4v) is 9.45. The Morgan fingerprint density at radius 2 is 0.500 bits per heavy atom. The summed E-state index contributed by atoms with van der Waals surface area (Å²) in [7, 11) is 0. The molecule has 0 aliphatic carbocycles. The molecule has 11 nitrogen and oxygen atoms in total. The topological polar surface area (TPSA) is 142 Å². The molecular formula is C105H157N11. The number of aryl methyl sites for hydroxylation is 20. The average Bonchev–Trinajstić information content (AvgIpc) is 0.768. The Hall–Kier alpha value is -10.7. The van der Waals surface area contributed by atoms with Gasteiger partial charge in [0.2, 0.25) is 0 Å². The molecule has 0 radical (unpaired) electrons. The van der Waals surface area contributed by atoms with Crippen LogP contribution in [0.1, 0.15) is 251 Å². The maximum absolute atomic E-state index is 4.17. The number of nitrogens with zero attached hydrogens (tertiary/aromatic N) is 11. The van der Waals surface area contributed by atoms with Crippen LogP contribution in [0.4, 0.5) is 0 Å². The van der Waals surface area contributed by atoms with Crippen molar-refractivity contribution in [1.29, 1.82) is 0 Å². The average molecular weight is 1570 g/mol. The summed E-state index contributed by atoms with van der Waals surface area (Å²) in [5.41, 5.74) is 21.1. The van der Waals surface area contributed by atoms with E-state index in [1.807, 2.05) is 328 Å². The van der Waals surface area contributed by atoms with Crippen LogP contribution in [-0.4, -0.2) is 54.8 Å². The van der Waals surface area contributed by atoms with E-state index in [1.165, 1.54) is 93.2 Å². The molecular weight excluding hydrogens is 1420 g/mol. The third kappa shape index (κ3) is 54.2. The van der Waals surface area contributed by atoms with Gasteiger partial charge in [-0.15, -0.1) is 0 Å². The standard InChI is InChI=1S/2C16H14.5C7H9N.3C6H8N2.10C2H6/c1-11-3-5-13-10-16-8-12(2)4-6-14(16)9-15(13)7-11;1-11-13-7-3-5-9-15(13)12(2)16-10-6-4-8-14(11)16;1-6-3-7(2)5-8-4-6;1-6-3-4-8-7(2)5-6;2*1-6-3-4-7(2)8-5-6;1-6-4-3-5-7(2)8-6;1-5-3-8-6(2)4-7-5;1-5-3-7-6(2)8-4-5;1-5-3-4-7-6(2)8-5;10*1-2/h2*3-10H,1-2H3;5*3-5H,1-2H3;3*3-4H,1-2H3;10*1-2H3. The second-order valence-electron chi connectivity index (χ2n) is 24.1. The molecule has 0 aliphatic rings. The van der Waals surface area contributed by atoms with Crippen molar-refractivity contribution in [3.63, 3.8) is 0 Å². The molecule has 14 aromatic rings. The van der Waals surface area contributed by atoms with Crippen LogP contribution in [0.25, 0.3) is 43.1 Å². The van der Waals surface area contributed by atoms with E-state index in [2.05, 4.69) is 211 Å². The molecule has 0 bridgehead atoms. The van der Waals surface area contributed by atoms with Crippen molar-refractivity contribution in [1.82, 2.24) is 54.8 Å². The van der Waals surface area contributed by atoms with E-state index in [9.17, 15) is 0 Å². The molecule has 0 N–H and O–H groups in total. The van der Waals surface area contributed by atoms with Crippen LogP contribution < -0.4 is 0 Å².